The maximum absolute atomic E-state index is 12.4. The van der Waals surface area contributed by atoms with E-state index in [1.54, 1.807) is 43.8 Å². The SMILES string of the molecule is COc1ccc(C(=O)NCCn2nc(C)c(-c3ccsc3)c2C)cc1OC. The van der Waals surface area contributed by atoms with Gasteiger partial charge in [-0.15, -0.1) is 0 Å². The first-order valence-electron chi connectivity index (χ1n) is 8.62. The zero-order chi connectivity index (χ0) is 19.4. The Kier molecular flexibility index (Phi) is 5.81. The molecule has 0 radical (unpaired) electrons. The van der Waals surface area contributed by atoms with E-state index in [4.69, 9.17) is 9.47 Å². The number of nitrogens with zero attached hydrogens (tertiary/aromatic N) is 2. The van der Waals surface area contributed by atoms with Crippen molar-refractivity contribution >= 4 is 17.2 Å². The molecule has 0 fully saturated rings. The first kappa shape index (κ1) is 19.0. The van der Waals surface area contributed by atoms with E-state index < -0.39 is 0 Å². The third-order valence-corrected chi connectivity index (χ3v) is 5.13. The molecule has 0 saturated carbocycles. The van der Waals surface area contributed by atoms with Crippen LogP contribution in [0.15, 0.2) is 35.0 Å². The molecule has 1 aromatic carbocycles. The van der Waals surface area contributed by atoms with Crippen molar-refractivity contribution in [2.75, 3.05) is 20.8 Å². The minimum absolute atomic E-state index is 0.157. The Hall–Kier alpha value is -2.80. The lowest BCUT2D eigenvalue weighted by atomic mass is 10.1. The standard InChI is InChI=1S/C20H23N3O3S/c1-13-19(16-7-10-27-12-16)14(2)23(22-13)9-8-21-20(24)15-5-6-17(25-3)18(11-15)26-4/h5-7,10-12H,8-9H2,1-4H3,(H,21,24). The van der Waals surface area contributed by atoms with Gasteiger partial charge in [0.05, 0.1) is 26.5 Å². The number of amides is 1. The van der Waals surface area contributed by atoms with Gasteiger partial charge in [0, 0.05) is 23.4 Å². The van der Waals surface area contributed by atoms with Gasteiger partial charge in [-0.2, -0.15) is 16.4 Å². The van der Waals surface area contributed by atoms with Gasteiger partial charge in [0.15, 0.2) is 11.5 Å². The number of hydrogen-bond acceptors (Lipinski definition) is 5. The van der Waals surface area contributed by atoms with E-state index in [0.717, 1.165) is 11.4 Å². The summed E-state index contributed by atoms with van der Waals surface area (Å²) in [5.41, 5.74) is 4.99. The molecule has 0 bridgehead atoms. The number of nitrogens with one attached hydrogen (secondary N) is 1. The first-order valence-corrected chi connectivity index (χ1v) is 9.56. The molecule has 0 aliphatic rings. The number of ether oxygens (including phenoxy) is 2. The highest BCUT2D eigenvalue weighted by atomic mass is 32.1. The van der Waals surface area contributed by atoms with Gasteiger partial charge >= 0.3 is 0 Å². The number of carbonyl (C=O) groups is 1. The molecule has 0 spiro atoms. The third kappa shape index (κ3) is 3.98. The number of thiophene rings is 1. The number of benzene rings is 1. The number of aryl methyl sites for hydroxylation is 1. The lowest BCUT2D eigenvalue weighted by molar-refractivity contribution is 0.0951. The van der Waals surface area contributed by atoms with Gasteiger partial charge in [-0.3, -0.25) is 9.48 Å². The maximum Gasteiger partial charge on any atom is 0.251 e. The number of hydrogen-bond donors (Lipinski definition) is 1. The van der Waals surface area contributed by atoms with Crippen molar-refractivity contribution in [3.63, 3.8) is 0 Å². The third-order valence-electron chi connectivity index (χ3n) is 4.45. The summed E-state index contributed by atoms with van der Waals surface area (Å²) in [6.45, 7) is 5.16. The van der Waals surface area contributed by atoms with Crippen molar-refractivity contribution in [3.05, 3.63) is 52.0 Å². The summed E-state index contributed by atoms with van der Waals surface area (Å²) in [6, 6.07) is 7.22. The second-order valence-corrected chi connectivity index (χ2v) is 6.89. The smallest absolute Gasteiger partial charge is 0.251 e. The predicted molar refractivity (Wildman–Crippen MR) is 107 cm³/mol. The minimum Gasteiger partial charge on any atom is -0.493 e. The Morgan fingerprint density at radius 2 is 1.96 bits per heavy atom. The molecule has 2 heterocycles. The summed E-state index contributed by atoms with van der Waals surface area (Å²) in [7, 11) is 3.11. The summed E-state index contributed by atoms with van der Waals surface area (Å²) >= 11 is 1.67. The number of methoxy groups -OCH3 is 2. The lowest BCUT2D eigenvalue weighted by Crippen LogP contribution is -2.27. The molecule has 0 aliphatic carbocycles. The van der Waals surface area contributed by atoms with Crippen LogP contribution >= 0.6 is 11.3 Å². The van der Waals surface area contributed by atoms with Gasteiger partial charge in [0.25, 0.3) is 5.91 Å². The molecule has 27 heavy (non-hydrogen) atoms. The number of aromatic nitrogens is 2. The van der Waals surface area contributed by atoms with Gasteiger partial charge in [-0.05, 0) is 54.4 Å². The van der Waals surface area contributed by atoms with Crippen molar-refractivity contribution in [1.29, 1.82) is 0 Å². The van der Waals surface area contributed by atoms with Crippen LogP contribution in [0.3, 0.4) is 0 Å². The van der Waals surface area contributed by atoms with Crippen molar-refractivity contribution in [2.24, 2.45) is 0 Å². The van der Waals surface area contributed by atoms with Crippen molar-refractivity contribution in [3.8, 4) is 22.6 Å². The summed E-state index contributed by atoms with van der Waals surface area (Å²) < 4.78 is 12.4. The fraction of sp³-hybridized carbons (Fsp3) is 0.300. The molecule has 0 aliphatic heterocycles. The zero-order valence-corrected chi connectivity index (χ0v) is 16.7. The molecule has 3 rings (SSSR count). The van der Waals surface area contributed by atoms with E-state index in [1.807, 2.05) is 11.6 Å². The fourth-order valence-electron chi connectivity index (χ4n) is 3.09. The fourth-order valence-corrected chi connectivity index (χ4v) is 3.74. The molecule has 142 valence electrons. The maximum atomic E-state index is 12.4. The Morgan fingerprint density at radius 1 is 1.19 bits per heavy atom. The van der Waals surface area contributed by atoms with Crippen LogP contribution in [-0.2, 0) is 6.54 Å². The monoisotopic (exact) mass is 385 g/mol. The van der Waals surface area contributed by atoms with E-state index in [9.17, 15) is 4.79 Å². The minimum atomic E-state index is -0.157. The second-order valence-electron chi connectivity index (χ2n) is 6.11. The van der Waals surface area contributed by atoms with Crippen LogP contribution in [0.5, 0.6) is 11.5 Å². The van der Waals surface area contributed by atoms with Crippen LogP contribution in [-0.4, -0.2) is 36.5 Å². The average molecular weight is 385 g/mol. The summed E-state index contributed by atoms with van der Waals surface area (Å²) in [5.74, 6) is 0.970. The average Bonchev–Trinajstić information content (AvgIpc) is 3.29. The molecule has 7 heteroatoms. The molecule has 1 amide bonds. The van der Waals surface area contributed by atoms with E-state index in [2.05, 4.69) is 34.2 Å². The van der Waals surface area contributed by atoms with Gasteiger partial charge < -0.3 is 14.8 Å². The van der Waals surface area contributed by atoms with E-state index in [0.29, 0.717) is 30.2 Å². The normalized spacial score (nSPS) is 10.7. The number of rotatable bonds is 7. The van der Waals surface area contributed by atoms with Crippen LogP contribution in [0.2, 0.25) is 0 Å². The van der Waals surface area contributed by atoms with E-state index >= 15 is 0 Å². The first-order chi connectivity index (χ1) is 13.0. The highest BCUT2D eigenvalue weighted by Gasteiger charge is 2.14. The Balaban J connectivity index is 1.65. The number of carbonyl (C=O) groups excluding carboxylic acids is 1. The van der Waals surface area contributed by atoms with Crippen molar-refractivity contribution in [2.45, 2.75) is 20.4 Å². The Bertz CT molecular complexity index is 932. The van der Waals surface area contributed by atoms with Gasteiger partial charge in [0.1, 0.15) is 0 Å². The van der Waals surface area contributed by atoms with Crippen LogP contribution in [0.25, 0.3) is 11.1 Å². The molecule has 0 unspecified atom stereocenters. The largest absolute Gasteiger partial charge is 0.493 e. The molecular formula is C20H23N3O3S. The molecule has 1 N–H and O–H groups in total. The second kappa shape index (κ2) is 8.26. The Morgan fingerprint density at radius 3 is 2.63 bits per heavy atom. The van der Waals surface area contributed by atoms with E-state index in [-0.39, 0.29) is 5.91 Å². The summed E-state index contributed by atoms with van der Waals surface area (Å²) in [5, 5.41) is 11.7. The summed E-state index contributed by atoms with van der Waals surface area (Å²) in [6.07, 6.45) is 0. The summed E-state index contributed by atoms with van der Waals surface area (Å²) in [4.78, 5) is 12.4. The van der Waals surface area contributed by atoms with Gasteiger partial charge in [-0.25, -0.2) is 0 Å². The van der Waals surface area contributed by atoms with Gasteiger partial charge in [0.2, 0.25) is 0 Å². The quantitative estimate of drug-likeness (QED) is 0.674. The zero-order valence-electron chi connectivity index (χ0n) is 15.9. The van der Waals surface area contributed by atoms with Gasteiger partial charge in [-0.1, -0.05) is 0 Å². The predicted octanol–water partition coefficient (Wildman–Crippen LogP) is 3.68. The molecule has 0 atom stereocenters. The van der Waals surface area contributed by atoms with E-state index in [1.165, 1.54) is 11.1 Å². The van der Waals surface area contributed by atoms with Crippen LogP contribution in [0.1, 0.15) is 21.7 Å². The lowest BCUT2D eigenvalue weighted by Gasteiger charge is -2.10. The molecule has 2 aromatic heterocycles. The molecule has 3 aromatic rings. The molecule has 6 nitrogen and oxygen atoms in total. The molecule has 0 saturated heterocycles. The van der Waals surface area contributed by atoms with Crippen molar-refractivity contribution in [1.82, 2.24) is 15.1 Å². The topological polar surface area (TPSA) is 65.4 Å². The highest BCUT2D eigenvalue weighted by Crippen LogP contribution is 2.29. The highest BCUT2D eigenvalue weighted by molar-refractivity contribution is 7.08. The Labute approximate surface area is 162 Å². The van der Waals surface area contributed by atoms with Crippen LogP contribution in [0.4, 0.5) is 0 Å². The molecular weight excluding hydrogens is 362 g/mol. The van der Waals surface area contributed by atoms with Crippen LogP contribution in [0, 0.1) is 13.8 Å². The van der Waals surface area contributed by atoms with Crippen LogP contribution < -0.4 is 14.8 Å². The van der Waals surface area contributed by atoms with Crippen molar-refractivity contribution < 1.29 is 14.3 Å².